The molecule has 1 atom stereocenters. The van der Waals surface area contributed by atoms with Crippen LogP contribution in [-0.2, 0) is 13.6 Å². The molecule has 3 nitrogen and oxygen atoms in total. The minimum atomic E-state index is -1.70. The molecule has 0 aromatic carbocycles. The predicted octanol–water partition coefficient (Wildman–Crippen LogP) is 1.46. The molecule has 1 saturated heterocycles. The Hall–Kier alpha value is -0.396. The van der Waals surface area contributed by atoms with Crippen molar-refractivity contribution < 1.29 is 13.6 Å². The molecule has 15 heavy (non-hydrogen) atoms. The summed E-state index contributed by atoms with van der Waals surface area (Å²) in [4.78, 5) is 11.0. The third-order valence-corrected chi connectivity index (χ3v) is 9.95. The number of hydrogen-bond acceptors (Lipinski definition) is 3. The van der Waals surface area contributed by atoms with Gasteiger partial charge in [0.25, 0.3) is 0 Å². The van der Waals surface area contributed by atoms with Crippen molar-refractivity contribution in [2.75, 3.05) is 0 Å². The van der Waals surface area contributed by atoms with E-state index in [1.165, 1.54) is 12.5 Å². The van der Waals surface area contributed by atoms with Gasteiger partial charge in [0.05, 0.1) is 5.60 Å². The Kier molecular flexibility index (Phi) is 3.91. The van der Waals surface area contributed by atoms with Crippen molar-refractivity contribution in [3.8, 4) is 0 Å². The second-order valence-corrected chi connectivity index (χ2v) is 14.5. The van der Waals surface area contributed by atoms with E-state index < -0.39 is 17.1 Å². The summed E-state index contributed by atoms with van der Waals surface area (Å²) in [5.41, 5.74) is -0.0210. The van der Waals surface area contributed by atoms with E-state index in [1.807, 2.05) is 0 Å². The fourth-order valence-corrected chi connectivity index (χ4v) is 9.15. The molecule has 1 fully saturated rings. The Morgan fingerprint density at radius 3 is 2.87 bits per heavy atom. The van der Waals surface area contributed by atoms with Crippen molar-refractivity contribution in [1.82, 2.24) is 0 Å². The Morgan fingerprint density at radius 1 is 1.67 bits per heavy atom. The lowest BCUT2D eigenvalue weighted by molar-refractivity contribution is -0.128. The summed E-state index contributed by atoms with van der Waals surface area (Å²) in [5.74, 6) is -0.289. The molecule has 5 heteroatoms. The van der Waals surface area contributed by atoms with Crippen molar-refractivity contribution in [3.63, 3.8) is 0 Å². The van der Waals surface area contributed by atoms with Gasteiger partial charge >= 0.3 is 5.97 Å². The van der Waals surface area contributed by atoms with Crippen LogP contribution in [0.2, 0.25) is 12.6 Å². The average molecular weight is 244 g/mol. The zero-order valence-electron chi connectivity index (χ0n) is 9.84. The summed E-state index contributed by atoms with van der Waals surface area (Å²) in [5, 5.41) is 0. The van der Waals surface area contributed by atoms with Gasteiger partial charge in [0, 0.05) is 6.08 Å². The van der Waals surface area contributed by atoms with Crippen LogP contribution in [0.4, 0.5) is 0 Å². The third kappa shape index (κ3) is 3.92. The molecule has 1 rings (SSSR count). The first-order valence-corrected chi connectivity index (χ1v) is 10.9. The van der Waals surface area contributed by atoms with Gasteiger partial charge in [0.15, 0.2) is 0 Å². The van der Waals surface area contributed by atoms with E-state index in [1.54, 1.807) is 0 Å². The molecule has 0 aliphatic carbocycles. The summed E-state index contributed by atoms with van der Waals surface area (Å²) in [6, 6.07) is 1.13. The van der Waals surface area contributed by atoms with Crippen LogP contribution in [-0.4, -0.2) is 28.7 Å². The average Bonchev–Trinajstić information content (AvgIpc) is 2.12. The fourth-order valence-electron chi connectivity index (χ4n) is 2.04. The van der Waals surface area contributed by atoms with Crippen LogP contribution in [0, 0.1) is 0 Å². The topological polar surface area (TPSA) is 35.5 Å². The smallest absolute Gasteiger partial charge is 0.316 e. The molecule has 86 valence electrons. The molecule has 0 radical (unpaired) electrons. The maximum atomic E-state index is 11.0. The molecule has 0 saturated carbocycles. The van der Waals surface area contributed by atoms with E-state index >= 15 is 0 Å². The van der Waals surface area contributed by atoms with E-state index in [9.17, 15) is 4.79 Å². The molecule has 0 aromatic heterocycles. The minimum absolute atomic E-state index is 0.0210. The summed E-state index contributed by atoms with van der Waals surface area (Å²) in [6.45, 7) is 9.84. The molecular weight excluding hydrogens is 224 g/mol. The summed E-state index contributed by atoms with van der Waals surface area (Å²) < 4.78 is 11.4. The summed E-state index contributed by atoms with van der Waals surface area (Å²) in [6.07, 6.45) is 3.55. The van der Waals surface area contributed by atoms with Crippen molar-refractivity contribution in [2.45, 2.75) is 44.9 Å². The second-order valence-electron chi connectivity index (χ2n) is 4.98. The quantitative estimate of drug-likeness (QED) is 0.557. The van der Waals surface area contributed by atoms with Crippen LogP contribution in [0.25, 0.3) is 0 Å². The summed E-state index contributed by atoms with van der Waals surface area (Å²) in [7, 11) is -2.57. The van der Waals surface area contributed by atoms with Gasteiger partial charge in [-0.3, -0.25) is 0 Å². The van der Waals surface area contributed by atoms with Crippen molar-refractivity contribution in [2.24, 2.45) is 0 Å². The van der Waals surface area contributed by atoms with Gasteiger partial charge in [-0.2, -0.15) is 0 Å². The van der Waals surface area contributed by atoms with Gasteiger partial charge in [0.2, 0.25) is 17.1 Å². The molecule has 1 heterocycles. The number of hydrogen-bond donors (Lipinski definition) is 0. The number of carbonyl (C=O) groups is 1. The van der Waals surface area contributed by atoms with E-state index in [0.717, 1.165) is 12.5 Å². The first kappa shape index (κ1) is 12.7. The highest BCUT2D eigenvalue weighted by Gasteiger charge is 2.41. The largest absolute Gasteiger partial charge is 0.522 e. The molecular formula is C10H20O3Si2. The van der Waals surface area contributed by atoms with Gasteiger partial charge in [-0.15, -0.1) is 0 Å². The van der Waals surface area contributed by atoms with Crippen LogP contribution in [0.1, 0.15) is 26.7 Å². The standard InChI is InChI=1S/C10H20O3Si2/c1-5-9(11)12-14-15(4)8-6-7-10(2,3)13-15/h5H,1,6-8,14H2,2-4H3. The SMILES string of the molecule is C=CC(=O)O[SiH2][Si]1(C)CCCC(C)(C)O1. The Morgan fingerprint density at radius 2 is 2.33 bits per heavy atom. The van der Waals surface area contributed by atoms with Gasteiger partial charge in [-0.05, 0) is 32.9 Å². The van der Waals surface area contributed by atoms with E-state index in [-0.39, 0.29) is 11.6 Å². The molecule has 1 unspecified atom stereocenters. The third-order valence-electron chi connectivity index (χ3n) is 2.69. The Balaban J connectivity index is 2.51. The lowest BCUT2D eigenvalue weighted by Gasteiger charge is -2.41. The van der Waals surface area contributed by atoms with E-state index in [0.29, 0.717) is 0 Å². The highest BCUT2D eigenvalue weighted by Crippen LogP contribution is 2.32. The highest BCUT2D eigenvalue weighted by molar-refractivity contribution is 7.19. The first-order chi connectivity index (χ1) is 6.87. The van der Waals surface area contributed by atoms with Crippen LogP contribution in [0.15, 0.2) is 12.7 Å². The lowest BCUT2D eigenvalue weighted by Crippen LogP contribution is -2.53. The second kappa shape index (κ2) is 4.63. The van der Waals surface area contributed by atoms with E-state index in [2.05, 4.69) is 27.0 Å². The van der Waals surface area contributed by atoms with Gasteiger partial charge in [-0.25, -0.2) is 4.79 Å². The molecule has 0 N–H and O–H groups in total. The van der Waals surface area contributed by atoms with Crippen molar-refractivity contribution in [1.29, 1.82) is 0 Å². The van der Waals surface area contributed by atoms with E-state index in [4.69, 9.17) is 8.85 Å². The minimum Gasteiger partial charge on any atom is -0.522 e. The normalized spacial score (nSPS) is 30.3. The molecule has 0 amide bonds. The highest BCUT2D eigenvalue weighted by atomic mass is 29.2. The monoisotopic (exact) mass is 244 g/mol. The predicted molar refractivity (Wildman–Crippen MR) is 65.7 cm³/mol. The molecule has 0 aromatic rings. The maximum Gasteiger partial charge on any atom is 0.316 e. The zero-order chi connectivity index (χ0) is 11.5. The molecule has 0 bridgehead atoms. The van der Waals surface area contributed by atoms with Crippen molar-refractivity contribution in [3.05, 3.63) is 12.7 Å². The Bertz CT molecular complexity index is 265. The van der Waals surface area contributed by atoms with Crippen LogP contribution in [0.5, 0.6) is 0 Å². The van der Waals surface area contributed by atoms with Crippen LogP contribution >= 0.6 is 0 Å². The van der Waals surface area contributed by atoms with Gasteiger partial charge in [0.1, 0.15) is 0 Å². The Labute approximate surface area is 94.7 Å². The fraction of sp³-hybridized carbons (Fsp3) is 0.700. The lowest BCUT2D eigenvalue weighted by atomic mass is 10.0. The van der Waals surface area contributed by atoms with Gasteiger partial charge in [-0.1, -0.05) is 13.0 Å². The van der Waals surface area contributed by atoms with Crippen LogP contribution < -0.4 is 0 Å². The summed E-state index contributed by atoms with van der Waals surface area (Å²) >= 11 is 0. The van der Waals surface area contributed by atoms with Crippen LogP contribution in [0.3, 0.4) is 0 Å². The van der Waals surface area contributed by atoms with Gasteiger partial charge < -0.3 is 8.85 Å². The molecule has 1 aliphatic rings. The number of rotatable bonds is 3. The zero-order valence-corrected chi connectivity index (χ0v) is 12.3. The number of carbonyl (C=O) groups excluding carboxylic acids is 1. The molecule has 1 aliphatic heterocycles. The first-order valence-electron chi connectivity index (χ1n) is 5.36. The van der Waals surface area contributed by atoms with Crippen molar-refractivity contribution >= 4 is 23.1 Å². The maximum absolute atomic E-state index is 11.0. The molecule has 0 spiro atoms.